The van der Waals surface area contributed by atoms with Crippen molar-refractivity contribution in [2.24, 2.45) is 0 Å². The number of rotatable bonds is 8. The lowest BCUT2D eigenvalue weighted by molar-refractivity contribution is 0.0953. The van der Waals surface area contributed by atoms with Crippen LogP contribution in [-0.2, 0) is 0 Å². The highest BCUT2D eigenvalue weighted by atomic mass is 32.2. The molecule has 1 aromatic heterocycles. The van der Waals surface area contributed by atoms with Crippen LogP contribution in [0.1, 0.15) is 37.0 Å². The Hall–Kier alpha value is -1.30. The number of carbonyl (C=O) groups is 1. The lowest BCUT2D eigenvalue weighted by Gasteiger charge is -2.12. The van der Waals surface area contributed by atoms with Crippen LogP contribution in [0.2, 0.25) is 0 Å². The molecule has 1 heterocycles. The number of amides is 1. The minimum atomic E-state index is -0.505. The van der Waals surface area contributed by atoms with Crippen LogP contribution in [0.5, 0.6) is 0 Å². The zero-order valence-corrected chi connectivity index (χ0v) is 13.0. The van der Waals surface area contributed by atoms with Gasteiger partial charge in [0, 0.05) is 18.3 Å². The van der Waals surface area contributed by atoms with E-state index in [1.165, 1.54) is 6.07 Å². The van der Waals surface area contributed by atoms with Gasteiger partial charge < -0.3 is 10.6 Å². The molecule has 0 fully saturated rings. The number of halogens is 1. The quantitative estimate of drug-likeness (QED) is 0.775. The molecule has 1 amide bonds. The second-order valence-corrected chi connectivity index (χ2v) is 5.84. The van der Waals surface area contributed by atoms with E-state index < -0.39 is 5.82 Å². The molecule has 0 aliphatic heterocycles. The van der Waals surface area contributed by atoms with Crippen LogP contribution in [0.4, 0.5) is 10.2 Å². The van der Waals surface area contributed by atoms with E-state index in [9.17, 15) is 9.18 Å². The summed E-state index contributed by atoms with van der Waals surface area (Å²) in [4.78, 5) is 16.0. The average molecular weight is 299 g/mol. The van der Waals surface area contributed by atoms with Gasteiger partial charge in [0.25, 0.3) is 5.91 Å². The molecule has 0 saturated carbocycles. The summed E-state index contributed by atoms with van der Waals surface area (Å²) in [5, 5.41) is 6.33. The maximum absolute atomic E-state index is 13.3. The lowest BCUT2D eigenvalue weighted by Crippen LogP contribution is -2.27. The number of thioether (sulfide) groups is 1. The molecule has 4 nitrogen and oxygen atoms in total. The Morgan fingerprint density at radius 3 is 2.90 bits per heavy atom. The summed E-state index contributed by atoms with van der Waals surface area (Å²) in [5.41, 5.74) is 0.259. The van der Waals surface area contributed by atoms with Crippen molar-refractivity contribution < 1.29 is 9.18 Å². The highest BCUT2D eigenvalue weighted by molar-refractivity contribution is 7.99. The molecule has 20 heavy (non-hydrogen) atoms. The summed E-state index contributed by atoms with van der Waals surface area (Å²) in [6.45, 7) is 5.39. The third-order valence-electron chi connectivity index (χ3n) is 2.88. The number of aromatic nitrogens is 1. The Bertz CT molecular complexity index is 442. The van der Waals surface area contributed by atoms with Crippen molar-refractivity contribution in [1.29, 1.82) is 0 Å². The molecule has 1 unspecified atom stereocenters. The minimum absolute atomic E-state index is 0.259. The summed E-state index contributed by atoms with van der Waals surface area (Å²) in [6.07, 6.45) is 4.94. The third-order valence-corrected chi connectivity index (χ3v) is 3.92. The normalized spacial score (nSPS) is 12.0. The molecule has 0 aliphatic carbocycles. The minimum Gasteiger partial charge on any atom is -0.369 e. The van der Waals surface area contributed by atoms with E-state index in [4.69, 9.17) is 0 Å². The predicted molar refractivity (Wildman–Crippen MR) is 82.9 cm³/mol. The Morgan fingerprint density at radius 2 is 2.25 bits per heavy atom. The molecule has 0 aliphatic rings. The van der Waals surface area contributed by atoms with Crippen LogP contribution in [0.25, 0.3) is 0 Å². The highest BCUT2D eigenvalue weighted by Gasteiger charge is 2.13. The molecule has 0 saturated heterocycles. The van der Waals surface area contributed by atoms with Crippen molar-refractivity contribution in [3.05, 3.63) is 23.6 Å². The largest absolute Gasteiger partial charge is 0.369 e. The second-order valence-electron chi connectivity index (χ2n) is 4.57. The Balaban J connectivity index is 2.67. The SMILES string of the molecule is CCCNc1ncc(F)cc1C(=O)NCCC(C)SC. The van der Waals surface area contributed by atoms with E-state index in [0.717, 1.165) is 19.0 Å². The Morgan fingerprint density at radius 1 is 1.50 bits per heavy atom. The van der Waals surface area contributed by atoms with Gasteiger partial charge in [-0.05, 0) is 25.2 Å². The number of hydrogen-bond donors (Lipinski definition) is 2. The summed E-state index contributed by atoms with van der Waals surface area (Å²) < 4.78 is 13.3. The van der Waals surface area contributed by atoms with Gasteiger partial charge >= 0.3 is 0 Å². The van der Waals surface area contributed by atoms with Crippen LogP contribution in [-0.4, -0.2) is 35.5 Å². The molecule has 1 atom stereocenters. The van der Waals surface area contributed by atoms with E-state index in [-0.39, 0.29) is 11.5 Å². The standard InChI is InChI=1S/C14H22FN3OS/c1-4-6-16-13-12(8-11(15)9-18-13)14(19)17-7-5-10(2)20-3/h8-10H,4-7H2,1-3H3,(H,16,18)(H,17,19). The molecular weight excluding hydrogens is 277 g/mol. The first kappa shape index (κ1) is 16.8. The predicted octanol–water partition coefficient (Wildman–Crippen LogP) is 2.91. The summed E-state index contributed by atoms with van der Waals surface area (Å²) in [5.74, 6) is -0.359. The molecule has 0 radical (unpaired) electrons. The number of nitrogens with one attached hydrogen (secondary N) is 2. The molecule has 6 heteroatoms. The van der Waals surface area contributed by atoms with Gasteiger partial charge in [-0.2, -0.15) is 11.8 Å². The van der Waals surface area contributed by atoms with E-state index in [2.05, 4.69) is 22.5 Å². The first-order valence-electron chi connectivity index (χ1n) is 6.78. The van der Waals surface area contributed by atoms with Crippen molar-refractivity contribution in [2.45, 2.75) is 31.9 Å². The van der Waals surface area contributed by atoms with Crippen LogP contribution in [0, 0.1) is 5.82 Å². The van der Waals surface area contributed by atoms with Gasteiger partial charge in [0.05, 0.1) is 11.8 Å². The maximum atomic E-state index is 13.3. The monoisotopic (exact) mass is 299 g/mol. The molecule has 2 N–H and O–H groups in total. The molecule has 1 aromatic rings. The second kappa shape index (κ2) is 8.79. The molecule has 0 spiro atoms. The number of pyridine rings is 1. The first-order chi connectivity index (χ1) is 9.58. The van der Waals surface area contributed by atoms with E-state index >= 15 is 0 Å². The van der Waals surface area contributed by atoms with Crippen molar-refractivity contribution in [1.82, 2.24) is 10.3 Å². The number of nitrogens with zero attached hydrogens (tertiary/aromatic N) is 1. The van der Waals surface area contributed by atoms with Crippen LogP contribution < -0.4 is 10.6 Å². The van der Waals surface area contributed by atoms with Crippen LogP contribution >= 0.6 is 11.8 Å². The smallest absolute Gasteiger partial charge is 0.255 e. The maximum Gasteiger partial charge on any atom is 0.255 e. The summed E-state index contributed by atoms with van der Waals surface area (Å²) in [7, 11) is 0. The van der Waals surface area contributed by atoms with Crippen molar-refractivity contribution >= 4 is 23.5 Å². The van der Waals surface area contributed by atoms with E-state index in [1.54, 1.807) is 11.8 Å². The zero-order chi connectivity index (χ0) is 15.0. The topological polar surface area (TPSA) is 54.0 Å². The Labute approximate surface area is 123 Å². The summed E-state index contributed by atoms with van der Waals surface area (Å²) in [6, 6.07) is 1.22. The third kappa shape index (κ3) is 5.36. The van der Waals surface area contributed by atoms with Crippen molar-refractivity contribution in [3.63, 3.8) is 0 Å². The zero-order valence-electron chi connectivity index (χ0n) is 12.2. The molecular formula is C14H22FN3OS. The van der Waals surface area contributed by atoms with E-state index in [0.29, 0.717) is 24.2 Å². The summed E-state index contributed by atoms with van der Waals surface area (Å²) >= 11 is 1.75. The first-order valence-corrected chi connectivity index (χ1v) is 8.07. The van der Waals surface area contributed by atoms with Crippen LogP contribution in [0.3, 0.4) is 0 Å². The Kier molecular flexibility index (Phi) is 7.36. The molecule has 0 aromatic carbocycles. The van der Waals surface area contributed by atoms with Gasteiger partial charge in [-0.3, -0.25) is 4.79 Å². The van der Waals surface area contributed by atoms with Gasteiger partial charge in [0.1, 0.15) is 11.6 Å². The van der Waals surface area contributed by atoms with Crippen LogP contribution in [0.15, 0.2) is 12.3 Å². The average Bonchev–Trinajstić information content (AvgIpc) is 2.45. The fourth-order valence-electron chi connectivity index (χ4n) is 1.60. The molecule has 0 bridgehead atoms. The number of anilines is 1. The van der Waals surface area contributed by atoms with Gasteiger partial charge in [0.15, 0.2) is 0 Å². The molecule has 1 rings (SSSR count). The van der Waals surface area contributed by atoms with Crippen molar-refractivity contribution in [3.8, 4) is 0 Å². The van der Waals surface area contributed by atoms with Gasteiger partial charge in [0.2, 0.25) is 0 Å². The van der Waals surface area contributed by atoms with Gasteiger partial charge in [-0.25, -0.2) is 9.37 Å². The fourth-order valence-corrected chi connectivity index (χ4v) is 1.95. The van der Waals surface area contributed by atoms with Gasteiger partial charge in [-0.15, -0.1) is 0 Å². The van der Waals surface area contributed by atoms with Crippen molar-refractivity contribution in [2.75, 3.05) is 24.7 Å². The molecule has 112 valence electrons. The highest BCUT2D eigenvalue weighted by Crippen LogP contribution is 2.14. The fraction of sp³-hybridized carbons (Fsp3) is 0.571. The van der Waals surface area contributed by atoms with Gasteiger partial charge in [-0.1, -0.05) is 13.8 Å². The lowest BCUT2D eigenvalue weighted by atomic mass is 10.2. The number of hydrogen-bond acceptors (Lipinski definition) is 4. The number of carbonyl (C=O) groups excluding carboxylic acids is 1. The van der Waals surface area contributed by atoms with E-state index in [1.807, 2.05) is 13.2 Å².